The lowest BCUT2D eigenvalue weighted by molar-refractivity contribution is -0.193. The molecular formula is C17H20N2O5. The first kappa shape index (κ1) is 17.7. The molecule has 7 nitrogen and oxygen atoms in total. The average molecular weight is 332 g/mol. The molecule has 1 unspecified atom stereocenters. The van der Waals surface area contributed by atoms with Crippen molar-refractivity contribution in [2.24, 2.45) is 0 Å². The minimum absolute atomic E-state index is 0.0666. The van der Waals surface area contributed by atoms with Crippen LogP contribution in [0, 0.1) is 0 Å². The number of urea groups is 1. The van der Waals surface area contributed by atoms with E-state index in [1.54, 1.807) is 37.3 Å². The lowest BCUT2D eigenvalue weighted by Gasteiger charge is -2.38. The van der Waals surface area contributed by atoms with Gasteiger partial charge in [0.15, 0.2) is 5.41 Å². The van der Waals surface area contributed by atoms with Crippen molar-refractivity contribution in [1.29, 1.82) is 0 Å². The summed E-state index contributed by atoms with van der Waals surface area (Å²) in [6, 6.07) is 7.42. The molecule has 4 amide bonds. The van der Waals surface area contributed by atoms with E-state index in [4.69, 9.17) is 4.84 Å². The van der Waals surface area contributed by atoms with E-state index in [1.807, 2.05) is 6.92 Å². The second-order valence-electron chi connectivity index (χ2n) is 5.59. The Kier molecular flexibility index (Phi) is 5.33. The lowest BCUT2D eigenvalue weighted by Crippen LogP contribution is -2.66. The zero-order valence-corrected chi connectivity index (χ0v) is 13.7. The van der Waals surface area contributed by atoms with E-state index < -0.39 is 29.2 Å². The predicted molar refractivity (Wildman–Crippen MR) is 84.4 cm³/mol. The second-order valence-corrected chi connectivity index (χ2v) is 5.59. The van der Waals surface area contributed by atoms with Crippen LogP contribution in [0.5, 0.6) is 0 Å². The van der Waals surface area contributed by atoms with Crippen molar-refractivity contribution in [3.8, 4) is 0 Å². The third-order valence-electron chi connectivity index (χ3n) is 3.88. The third-order valence-corrected chi connectivity index (χ3v) is 3.88. The van der Waals surface area contributed by atoms with Crippen LogP contribution in [0.2, 0.25) is 0 Å². The smallest absolute Gasteiger partial charge is 0.329 e. The fourth-order valence-electron chi connectivity index (χ4n) is 2.77. The first-order valence-corrected chi connectivity index (χ1v) is 7.93. The summed E-state index contributed by atoms with van der Waals surface area (Å²) >= 11 is 0. The van der Waals surface area contributed by atoms with Crippen molar-refractivity contribution in [3.05, 3.63) is 35.9 Å². The van der Waals surface area contributed by atoms with Gasteiger partial charge in [0.05, 0.1) is 0 Å². The van der Waals surface area contributed by atoms with Gasteiger partial charge in [-0.1, -0.05) is 55.7 Å². The van der Waals surface area contributed by atoms with Gasteiger partial charge in [-0.3, -0.25) is 14.9 Å². The normalized spacial score (nSPS) is 20.8. The molecule has 2 rings (SSSR count). The molecule has 0 aromatic heterocycles. The van der Waals surface area contributed by atoms with Crippen LogP contribution in [0.15, 0.2) is 30.3 Å². The Morgan fingerprint density at radius 3 is 2.38 bits per heavy atom. The van der Waals surface area contributed by atoms with Crippen molar-refractivity contribution in [1.82, 2.24) is 10.4 Å². The molecule has 1 heterocycles. The van der Waals surface area contributed by atoms with Crippen LogP contribution in [0.1, 0.15) is 45.1 Å². The summed E-state index contributed by atoms with van der Waals surface area (Å²) in [6.45, 7) is 3.60. The van der Waals surface area contributed by atoms with Crippen LogP contribution in [0.4, 0.5) is 4.79 Å². The number of benzene rings is 1. The maximum Gasteiger partial charge on any atom is 0.365 e. The number of hydrogen-bond acceptors (Lipinski definition) is 5. The fourth-order valence-corrected chi connectivity index (χ4v) is 2.77. The Hall–Kier alpha value is -2.70. The summed E-state index contributed by atoms with van der Waals surface area (Å²) in [5, 5.41) is 2.51. The van der Waals surface area contributed by atoms with E-state index in [-0.39, 0.29) is 12.8 Å². The quantitative estimate of drug-likeness (QED) is 0.805. The third kappa shape index (κ3) is 3.02. The van der Waals surface area contributed by atoms with Gasteiger partial charge in [0, 0.05) is 6.42 Å². The molecular weight excluding hydrogens is 312 g/mol. The number of imide groups is 2. The number of hydrogen-bond donors (Lipinski definition) is 1. The number of hydroxylamine groups is 2. The van der Waals surface area contributed by atoms with E-state index in [0.717, 1.165) is 0 Å². The molecule has 1 aromatic rings. The largest absolute Gasteiger partial charge is 0.365 e. The first-order chi connectivity index (χ1) is 11.5. The Morgan fingerprint density at radius 2 is 1.79 bits per heavy atom. The number of amides is 4. The Morgan fingerprint density at radius 1 is 1.12 bits per heavy atom. The Labute approximate surface area is 139 Å². The van der Waals surface area contributed by atoms with E-state index in [9.17, 15) is 19.2 Å². The summed E-state index contributed by atoms with van der Waals surface area (Å²) in [5.41, 5.74) is -1.13. The predicted octanol–water partition coefficient (Wildman–Crippen LogP) is 2.06. The second kappa shape index (κ2) is 7.25. The molecule has 0 bridgehead atoms. The van der Waals surface area contributed by atoms with Crippen molar-refractivity contribution in [2.45, 2.75) is 44.9 Å². The SMILES string of the molecule is CCCC(=O)ON1C(=O)NC(=O)C(CCC)(c2ccccc2)C1=O. The molecule has 1 fully saturated rings. The van der Waals surface area contributed by atoms with Gasteiger partial charge in [0.25, 0.3) is 5.91 Å². The van der Waals surface area contributed by atoms with Crippen LogP contribution in [0.3, 0.4) is 0 Å². The van der Waals surface area contributed by atoms with Crippen LogP contribution in [0.25, 0.3) is 0 Å². The highest BCUT2D eigenvalue weighted by Crippen LogP contribution is 2.35. The summed E-state index contributed by atoms with van der Waals surface area (Å²) in [5.74, 6) is -2.24. The minimum Gasteiger partial charge on any atom is -0.329 e. The van der Waals surface area contributed by atoms with Gasteiger partial charge in [0.1, 0.15) is 0 Å². The van der Waals surface area contributed by atoms with Gasteiger partial charge >= 0.3 is 12.0 Å². The molecule has 1 saturated heterocycles. The molecule has 128 valence electrons. The van der Waals surface area contributed by atoms with Crippen LogP contribution in [-0.4, -0.2) is 28.9 Å². The number of barbiturate groups is 1. The maximum absolute atomic E-state index is 13.0. The fraction of sp³-hybridized carbons (Fsp3) is 0.412. The molecule has 1 aliphatic rings. The molecule has 24 heavy (non-hydrogen) atoms. The van der Waals surface area contributed by atoms with Crippen LogP contribution in [-0.2, 0) is 24.6 Å². The minimum atomic E-state index is -1.59. The molecule has 1 atom stereocenters. The summed E-state index contributed by atoms with van der Waals surface area (Å²) in [7, 11) is 0. The summed E-state index contributed by atoms with van der Waals surface area (Å²) in [6.07, 6.45) is 1.30. The van der Waals surface area contributed by atoms with Crippen molar-refractivity contribution < 1.29 is 24.0 Å². The van der Waals surface area contributed by atoms with Crippen LogP contribution >= 0.6 is 0 Å². The molecule has 0 spiro atoms. The van der Waals surface area contributed by atoms with Gasteiger partial charge in [-0.15, -0.1) is 0 Å². The zero-order chi connectivity index (χ0) is 17.7. The molecule has 0 saturated carbocycles. The van der Waals surface area contributed by atoms with E-state index in [2.05, 4.69) is 5.32 Å². The average Bonchev–Trinajstić information content (AvgIpc) is 2.56. The highest BCUT2D eigenvalue weighted by molar-refractivity contribution is 6.22. The van der Waals surface area contributed by atoms with Gasteiger partial charge in [0.2, 0.25) is 5.91 Å². The lowest BCUT2D eigenvalue weighted by atomic mass is 9.74. The van der Waals surface area contributed by atoms with Crippen molar-refractivity contribution >= 4 is 23.8 Å². The first-order valence-electron chi connectivity index (χ1n) is 7.93. The van der Waals surface area contributed by atoms with Gasteiger partial charge in [-0.05, 0) is 18.4 Å². The highest BCUT2D eigenvalue weighted by atomic mass is 16.7. The zero-order valence-electron chi connectivity index (χ0n) is 13.7. The Balaban J connectivity index is 2.45. The van der Waals surface area contributed by atoms with Crippen molar-refractivity contribution in [3.63, 3.8) is 0 Å². The van der Waals surface area contributed by atoms with Gasteiger partial charge in [-0.25, -0.2) is 9.59 Å². The summed E-state index contributed by atoms with van der Waals surface area (Å²) in [4.78, 5) is 54.1. The topological polar surface area (TPSA) is 92.8 Å². The van der Waals surface area contributed by atoms with Gasteiger partial charge in [-0.2, -0.15) is 0 Å². The van der Waals surface area contributed by atoms with Crippen LogP contribution < -0.4 is 5.32 Å². The highest BCUT2D eigenvalue weighted by Gasteiger charge is 2.56. The standard InChI is InChI=1S/C17H20N2O5/c1-3-8-13(20)24-19-15(22)17(11-4-2,14(21)18-16(19)23)12-9-6-5-7-10-12/h5-7,9-10H,3-4,8,11H2,1-2H3,(H,18,21,23). The Bertz CT molecular complexity index is 658. The monoisotopic (exact) mass is 332 g/mol. The molecule has 1 aromatic carbocycles. The number of carbonyl (C=O) groups excluding carboxylic acids is 4. The van der Waals surface area contributed by atoms with E-state index in [1.165, 1.54) is 0 Å². The number of carbonyl (C=O) groups is 4. The van der Waals surface area contributed by atoms with E-state index >= 15 is 0 Å². The molecule has 1 N–H and O–H groups in total. The van der Waals surface area contributed by atoms with E-state index in [0.29, 0.717) is 23.5 Å². The number of rotatable bonds is 6. The van der Waals surface area contributed by atoms with Gasteiger partial charge < -0.3 is 4.84 Å². The maximum atomic E-state index is 13.0. The number of nitrogens with zero attached hydrogens (tertiary/aromatic N) is 1. The molecule has 1 aliphatic heterocycles. The summed E-state index contributed by atoms with van der Waals surface area (Å²) < 4.78 is 0. The molecule has 0 aliphatic carbocycles. The van der Waals surface area contributed by atoms with Crippen molar-refractivity contribution in [2.75, 3.05) is 0 Å². The molecule has 7 heteroatoms. The number of nitrogens with one attached hydrogen (secondary N) is 1. The molecule has 0 radical (unpaired) electrons.